The van der Waals surface area contributed by atoms with E-state index in [2.05, 4.69) is 21.2 Å². The summed E-state index contributed by atoms with van der Waals surface area (Å²) in [6.07, 6.45) is 8.30. The molecule has 0 aliphatic carbocycles. The maximum Gasteiger partial charge on any atom is 0.248 e. The lowest BCUT2D eigenvalue weighted by Gasteiger charge is -2.37. The second kappa shape index (κ2) is 10.9. The smallest absolute Gasteiger partial charge is 0.248 e. The highest BCUT2D eigenvalue weighted by Crippen LogP contribution is 2.21. The molecule has 1 amide bonds. The van der Waals surface area contributed by atoms with Crippen LogP contribution in [0.1, 0.15) is 19.8 Å². The van der Waals surface area contributed by atoms with Crippen molar-refractivity contribution in [3.8, 4) is 0 Å². The van der Waals surface area contributed by atoms with Crippen molar-refractivity contribution in [2.45, 2.75) is 36.7 Å². The van der Waals surface area contributed by atoms with Crippen LogP contribution >= 0.6 is 0 Å². The lowest BCUT2D eigenvalue weighted by Crippen LogP contribution is -2.53. The van der Waals surface area contributed by atoms with Crippen molar-refractivity contribution in [1.82, 2.24) is 19.5 Å². The van der Waals surface area contributed by atoms with Crippen molar-refractivity contribution >= 4 is 26.8 Å². The molecule has 2 heterocycles. The lowest BCUT2D eigenvalue weighted by molar-refractivity contribution is -0.133. The van der Waals surface area contributed by atoms with Crippen molar-refractivity contribution in [2.75, 3.05) is 27.2 Å². The third kappa shape index (κ3) is 5.91. The van der Waals surface area contributed by atoms with Gasteiger partial charge in [-0.05, 0) is 69.1 Å². The van der Waals surface area contributed by atoms with E-state index in [0.29, 0.717) is 35.6 Å². The second-order valence-corrected chi connectivity index (χ2v) is 10.3. The van der Waals surface area contributed by atoms with E-state index in [4.69, 9.17) is 0 Å². The fourth-order valence-electron chi connectivity index (χ4n) is 4.15. The minimum atomic E-state index is -4.06. The minimum Gasteiger partial charge on any atom is -0.341 e. The van der Waals surface area contributed by atoms with Crippen LogP contribution < -0.4 is 10.3 Å². The molecule has 34 heavy (non-hydrogen) atoms. The highest BCUT2D eigenvalue weighted by Gasteiger charge is 2.33. The van der Waals surface area contributed by atoms with E-state index >= 15 is 0 Å². The van der Waals surface area contributed by atoms with Gasteiger partial charge in [-0.25, -0.2) is 8.42 Å². The number of hydrogen-bond donors (Lipinski definition) is 2. The molecular formula is C25H32N4O4S. The molecule has 1 unspecified atom stereocenters. The average Bonchev–Trinajstić information content (AvgIpc) is 2.81. The second-order valence-electron chi connectivity index (χ2n) is 8.55. The number of aromatic nitrogens is 1. The Morgan fingerprint density at radius 3 is 2.56 bits per heavy atom. The molecule has 1 aliphatic heterocycles. The van der Waals surface area contributed by atoms with Crippen molar-refractivity contribution in [3.63, 3.8) is 0 Å². The minimum absolute atomic E-state index is 0.00889. The summed E-state index contributed by atoms with van der Waals surface area (Å²) in [5.74, 6) is -0.294. The number of carbonyl (C=O) groups is 1. The number of allylic oxidation sites excluding steroid dienone is 3. The standard InChI is InChI=1S/C25H32N4O4S/c1-5-7-18(8-6-2)24(25(31)29-15-13-20(14-16-29)28(3)4)27-34(32,33)21-10-11-22-19(17-21)9-12-23(30)26-22/h5-12,17,20,24,27H,1,13-16H2,2-4H3,(H,26,30)/b8-6-,18-7+. The number of piperidine rings is 1. The van der Waals surface area contributed by atoms with Crippen molar-refractivity contribution in [2.24, 2.45) is 0 Å². The fraction of sp³-hybridized carbons (Fsp3) is 0.360. The number of nitrogens with one attached hydrogen (secondary N) is 2. The molecule has 0 bridgehead atoms. The van der Waals surface area contributed by atoms with Gasteiger partial charge >= 0.3 is 0 Å². The molecule has 1 aromatic carbocycles. The van der Waals surface area contributed by atoms with Crippen LogP contribution in [-0.2, 0) is 14.8 Å². The molecule has 1 aromatic heterocycles. The summed E-state index contributed by atoms with van der Waals surface area (Å²) in [7, 11) is -0.0113. The first-order chi connectivity index (χ1) is 16.2. The van der Waals surface area contributed by atoms with Gasteiger partial charge in [-0.3, -0.25) is 9.59 Å². The van der Waals surface area contributed by atoms with Gasteiger partial charge in [0.15, 0.2) is 0 Å². The zero-order chi connectivity index (χ0) is 24.9. The number of H-pyrrole nitrogens is 1. The Labute approximate surface area is 200 Å². The Morgan fingerprint density at radius 1 is 1.24 bits per heavy atom. The molecule has 1 aliphatic rings. The number of hydrogen-bond acceptors (Lipinski definition) is 5. The molecule has 1 fully saturated rings. The van der Waals surface area contributed by atoms with Gasteiger partial charge in [0.05, 0.1) is 4.90 Å². The number of rotatable bonds is 8. The molecule has 2 aromatic rings. The van der Waals surface area contributed by atoms with E-state index in [1.54, 1.807) is 42.2 Å². The zero-order valence-corrected chi connectivity index (χ0v) is 20.6. The van der Waals surface area contributed by atoms with E-state index < -0.39 is 16.1 Å². The number of fused-ring (bicyclic) bond motifs is 1. The topological polar surface area (TPSA) is 103 Å². The van der Waals surface area contributed by atoms with Crippen LogP contribution in [0.5, 0.6) is 0 Å². The van der Waals surface area contributed by atoms with Crippen molar-refractivity contribution < 1.29 is 13.2 Å². The van der Waals surface area contributed by atoms with E-state index in [-0.39, 0.29) is 16.4 Å². The third-order valence-corrected chi connectivity index (χ3v) is 7.46. The Kier molecular flexibility index (Phi) is 8.24. The molecule has 2 N–H and O–H groups in total. The lowest BCUT2D eigenvalue weighted by atomic mass is 10.0. The summed E-state index contributed by atoms with van der Waals surface area (Å²) in [5, 5.41) is 0.575. The zero-order valence-electron chi connectivity index (χ0n) is 19.8. The number of benzene rings is 1. The van der Waals surface area contributed by atoms with E-state index in [1.165, 1.54) is 24.3 Å². The third-order valence-electron chi connectivity index (χ3n) is 6.03. The van der Waals surface area contributed by atoms with Crippen molar-refractivity contribution in [3.05, 3.63) is 77.1 Å². The molecule has 0 saturated carbocycles. The summed E-state index contributed by atoms with van der Waals surface area (Å²) in [4.78, 5) is 31.7. The SMILES string of the molecule is C=C/C=C(\C=C/C)C(NS(=O)(=O)c1ccc2[nH]c(=O)ccc2c1)C(=O)N1CCC(N(C)C)CC1. The first-order valence-electron chi connectivity index (χ1n) is 11.2. The predicted molar refractivity (Wildman–Crippen MR) is 135 cm³/mol. The van der Waals surface area contributed by atoms with E-state index in [1.807, 2.05) is 14.1 Å². The van der Waals surface area contributed by atoms with Gasteiger partial charge in [-0.2, -0.15) is 4.72 Å². The van der Waals surface area contributed by atoms with Gasteiger partial charge in [-0.1, -0.05) is 30.9 Å². The number of sulfonamides is 1. The molecule has 1 saturated heterocycles. The molecule has 182 valence electrons. The van der Waals surface area contributed by atoms with Crippen LogP contribution in [0.2, 0.25) is 0 Å². The molecule has 8 nitrogen and oxygen atoms in total. The fourth-order valence-corrected chi connectivity index (χ4v) is 5.36. The summed E-state index contributed by atoms with van der Waals surface area (Å²) in [6.45, 7) is 6.63. The van der Waals surface area contributed by atoms with Gasteiger partial charge in [0.1, 0.15) is 6.04 Å². The monoisotopic (exact) mass is 484 g/mol. The Balaban J connectivity index is 1.94. The molecule has 3 rings (SSSR count). The quantitative estimate of drug-likeness (QED) is 0.560. The number of amides is 1. The maximum atomic E-state index is 13.6. The van der Waals surface area contributed by atoms with Gasteiger partial charge < -0.3 is 14.8 Å². The van der Waals surface area contributed by atoms with Gasteiger partial charge in [0.25, 0.3) is 0 Å². The van der Waals surface area contributed by atoms with Crippen LogP contribution in [-0.4, -0.2) is 68.4 Å². The van der Waals surface area contributed by atoms with Crippen LogP contribution in [0, 0.1) is 0 Å². The number of aromatic amines is 1. The predicted octanol–water partition coefficient (Wildman–Crippen LogP) is 2.42. The number of likely N-dealkylation sites (tertiary alicyclic amines) is 1. The average molecular weight is 485 g/mol. The molecule has 1 atom stereocenters. The van der Waals surface area contributed by atoms with Gasteiger partial charge in [-0.15, -0.1) is 0 Å². The first kappa shape index (κ1) is 25.6. The highest BCUT2D eigenvalue weighted by molar-refractivity contribution is 7.89. The van der Waals surface area contributed by atoms with Crippen LogP contribution in [0.15, 0.2) is 76.5 Å². The van der Waals surface area contributed by atoms with Crippen LogP contribution in [0.3, 0.4) is 0 Å². The molecular weight excluding hydrogens is 452 g/mol. The largest absolute Gasteiger partial charge is 0.341 e. The van der Waals surface area contributed by atoms with Crippen LogP contribution in [0.25, 0.3) is 10.9 Å². The molecule has 0 spiro atoms. The Hall–Kier alpha value is -3.01. The van der Waals surface area contributed by atoms with Gasteiger partial charge in [0.2, 0.25) is 21.5 Å². The van der Waals surface area contributed by atoms with Crippen LogP contribution in [0.4, 0.5) is 0 Å². The molecule has 0 radical (unpaired) electrons. The van der Waals surface area contributed by atoms with Gasteiger partial charge in [0, 0.05) is 30.7 Å². The Morgan fingerprint density at radius 2 is 1.94 bits per heavy atom. The first-order valence-corrected chi connectivity index (χ1v) is 12.7. The normalized spacial score (nSPS) is 16.9. The summed E-state index contributed by atoms with van der Waals surface area (Å²) in [5.41, 5.74) is 0.769. The van der Waals surface area contributed by atoms with E-state index in [0.717, 1.165) is 12.8 Å². The summed E-state index contributed by atoms with van der Waals surface area (Å²) in [6, 6.07) is 6.63. The number of carbonyl (C=O) groups excluding carboxylic acids is 1. The molecule has 9 heteroatoms. The number of nitrogens with zero attached hydrogens (tertiary/aromatic N) is 2. The van der Waals surface area contributed by atoms with Crippen molar-refractivity contribution in [1.29, 1.82) is 0 Å². The highest BCUT2D eigenvalue weighted by atomic mass is 32.2. The Bertz CT molecular complexity index is 1270. The maximum absolute atomic E-state index is 13.6. The summed E-state index contributed by atoms with van der Waals surface area (Å²) < 4.78 is 29.3. The van der Waals surface area contributed by atoms with E-state index in [9.17, 15) is 18.0 Å². The number of pyridine rings is 1. The summed E-state index contributed by atoms with van der Waals surface area (Å²) >= 11 is 0.